The summed E-state index contributed by atoms with van der Waals surface area (Å²) in [4.78, 5) is 22.1. The van der Waals surface area contributed by atoms with Gasteiger partial charge in [-0.3, -0.25) is 0 Å². The summed E-state index contributed by atoms with van der Waals surface area (Å²) >= 11 is 0. The van der Waals surface area contributed by atoms with Crippen molar-refractivity contribution in [2.24, 2.45) is 0 Å². The van der Waals surface area contributed by atoms with Gasteiger partial charge in [0.1, 0.15) is 0 Å². The predicted molar refractivity (Wildman–Crippen MR) is 95.4 cm³/mol. The average Bonchev–Trinajstić information content (AvgIpc) is 2.64. The van der Waals surface area contributed by atoms with E-state index in [9.17, 15) is 4.79 Å². The Labute approximate surface area is 146 Å². The molecule has 1 aliphatic carbocycles. The molecule has 0 unspecified atom stereocenters. The van der Waals surface area contributed by atoms with Crippen LogP contribution in [0.25, 0.3) is 0 Å². The quantitative estimate of drug-likeness (QED) is 0.781. The average molecular weight is 339 g/mol. The maximum absolute atomic E-state index is 10.9. The summed E-state index contributed by atoms with van der Waals surface area (Å²) < 4.78 is 5.47. The molecule has 0 saturated heterocycles. The van der Waals surface area contributed by atoms with Crippen LogP contribution in [-0.2, 0) is 17.6 Å². The molecule has 1 aromatic heterocycles. The Morgan fingerprint density at radius 1 is 1.24 bits per heavy atom. The molecule has 1 N–H and O–H groups in total. The van der Waals surface area contributed by atoms with Crippen molar-refractivity contribution >= 4 is 17.6 Å². The van der Waals surface area contributed by atoms with E-state index in [4.69, 9.17) is 14.8 Å². The van der Waals surface area contributed by atoms with Crippen molar-refractivity contribution in [1.82, 2.24) is 9.97 Å². The first-order chi connectivity index (χ1) is 12.2. The Morgan fingerprint density at radius 3 is 2.72 bits per heavy atom. The number of anilines is 2. The van der Waals surface area contributed by atoms with E-state index in [0.29, 0.717) is 18.4 Å². The summed E-state index contributed by atoms with van der Waals surface area (Å²) in [6, 6.07) is 9.80. The lowest BCUT2D eigenvalue weighted by Gasteiger charge is -2.25. The summed E-state index contributed by atoms with van der Waals surface area (Å²) in [5.74, 6) is -0.130. The number of ether oxygens (including phenoxy) is 1. The fraction of sp³-hybridized carbons (Fsp3) is 0.316. The molecule has 130 valence electrons. The van der Waals surface area contributed by atoms with E-state index in [1.165, 1.54) is 0 Å². The number of para-hydroxylation sites is 1. The van der Waals surface area contributed by atoms with Crippen molar-refractivity contribution in [3.05, 3.63) is 54.2 Å². The zero-order valence-corrected chi connectivity index (χ0v) is 14.0. The maximum Gasteiger partial charge on any atom is 0.341 e. The number of aryl methyl sites for hydroxylation is 1. The third-order valence-electron chi connectivity index (χ3n) is 4.09. The molecule has 6 heteroatoms. The Kier molecular flexibility index (Phi) is 5.28. The van der Waals surface area contributed by atoms with Gasteiger partial charge in [-0.25, -0.2) is 9.78 Å². The lowest BCUT2D eigenvalue weighted by molar-refractivity contribution is -0.139. The third-order valence-corrected chi connectivity index (χ3v) is 4.09. The second-order valence-electron chi connectivity index (χ2n) is 5.88. The highest BCUT2D eigenvalue weighted by Crippen LogP contribution is 2.31. The predicted octanol–water partition coefficient (Wildman–Crippen LogP) is 3.14. The van der Waals surface area contributed by atoms with Crippen LogP contribution in [0.3, 0.4) is 0 Å². The van der Waals surface area contributed by atoms with Gasteiger partial charge in [0.05, 0.1) is 5.69 Å². The zero-order chi connectivity index (χ0) is 17.6. The molecular formula is C19H21N3O3. The summed E-state index contributed by atoms with van der Waals surface area (Å²) in [7, 11) is 0. The molecule has 0 saturated carbocycles. The van der Waals surface area contributed by atoms with E-state index in [1.807, 2.05) is 35.2 Å². The van der Waals surface area contributed by atoms with Crippen LogP contribution in [0.5, 0.6) is 5.88 Å². The molecular weight excluding hydrogens is 318 g/mol. The second kappa shape index (κ2) is 7.79. The van der Waals surface area contributed by atoms with Gasteiger partial charge in [-0.05, 0) is 37.8 Å². The number of aliphatic carboxylic acids is 1. The number of hydrogen-bond donors (Lipinski definition) is 1. The van der Waals surface area contributed by atoms with E-state index in [0.717, 1.165) is 42.6 Å². The van der Waals surface area contributed by atoms with Gasteiger partial charge in [0.2, 0.25) is 11.8 Å². The molecule has 0 atom stereocenters. The summed E-state index contributed by atoms with van der Waals surface area (Å²) in [6.07, 6.45) is 5.55. The monoisotopic (exact) mass is 339 g/mol. The summed E-state index contributed by atoms with van der Waals surface area (Å²) in [6.45, 7) is 3.95. The third kappa shape index (κ3) is 3.96. The van der Waals surface area contributed by atoms with Crippen LogP contribution in [0.15, 0.2) is 43.0 Å². The maximum atomic E-state index is 10.9. The molecule has 0 amide bonds. The van der Waals surface area contributed by atoms with E-state index in [1.54, 1.807) is 6.08 Å². The van der Waals surface area contributed by atoms with Gasteiger partial charge in [0.25, 0.3) is 0 Å². The van der Waals surface area contributed by atoms with Crippen LogP contribution < -0.4 is 9.64 Å². The van der Waals surface area contributed by atoms with Crippen LogP contribution in [0.1, 0.15) is 24.1 Å². The van der Waals surface area contributed by atoms with Crippen LogP contribution in [-0.4, -0.2) is 34.2 Å². The minimum atomic E-state index is -1.02. The largest absolute Gasteiger partial charge is 0.479 e. The molecule has 0 spiro atoms. The van der Waals surface area contributed by atoms with Crippen LogP contribution in [0, 0.1) is 0 Å². The smallest absolute Gasteiger partial charge is 0.341 e. The van der Waals surface area contributed by atoms with Crippen molar-refractivity contribution < 1.29 is 14.6 Å². The second-order valence-corrected chi connectivity index (χ2v) is 5.88. The number of fused-ring (bicyclic) bond motifs is 1. The van der Waals surface area contributed by atoms with E-state index in [-0.39, 0.29) is 0 Å². The van der Waals surface area contributed by atoms with Gasteiger partial charge in [0.15, 0.2) is 6.61 Å². The van der Waals surface area contributed by atoms with Crippen LogP contribution in [0.4, 0.5) is 11.6 Å². The molecule has 0 bridgehead atoms. The summed E-state index contributed by atoms with van der Waals surface area (Å²) in [5.41, 5.74) is 2.83. The van der Waals surface area contributed by atoms with E-state index >= 15 is 0 Å². The normalized spacial score (nSPS) is 13.0. The Hall–Kier alpha value is -2.89. The van der Waals surface area contributed by atoms with Crippen molar-refractivity contribution in [2.75, 3.05) is 18.1 Å². The number of carboxylic acid groups (broad SMARTS) is 1. The van der Waals surface area contributed by atoms with Gasteiger partial charge in [0, 0.05) is 17.8 Å². The lowest BCUT2D eigenvalue weighted by atomic mass is 9.97. The Morgan fingerprint density at radius 2 is 2.00 bits per heavy atom. The minimum absolute atomic E-state index is 0.382. The number of hydrogen-bond acceptors (Lipinski definition) is 5. The number of nitrogens with zero attached hydrogens (tertiary/aromatic N) is 3. The fourth-order valence-corrected chi connectivity index (χ4v) is 2.96. The summed E-state index contributed by atoms with van der Waals surface area (Å²) in [5, 5.41) is 8.93. The van der Waals surface area contributed by atoms with Crippen LogP contribution >= 0.6 is 0 Å². The van der Waals surface area contributed by atoms with Crippen molar-refractivity contribution in [3.63, 3.8) is 0 Å². The SMILES string of the molecule is C=CCN(c1ccccc1)c1nc2c(c(OCC(=O)O)n1)CCCC2. The van der Waals surface area contributed by atoms with Gasteiger partial charge in [-0.2, -0.15) is 4.98 Å². The van der Waals surface area contributed by atoms with Crippen LogP contribution in [0.2, 0.25) is 0 Å². The molecule has 3 rings (SSSR count). The molecule has 0 fully saturated rings. The fourth-order valence-electron chi connectivity index (χ4n) is 2.96. The molecule has 6 nitrogen and oxygen atoms in total. The molecule has 0 radical (unpaired) electrons. The van der Waals surface area contributed by atoms with Gasteiger partial charge in [-0.15, -0.1) is 6.58 Å². The number of benzene rings is 1. The first-order valence-corrected chi connectivity index (χ1v) is 8.37. The number of carboxylic acids is 1. The molecule has 1 heterocycles. The van der Waals surface area contributed by atoms with Crippen molar-refractivity contribution in [2.45, 2.75) is 25.7 Å². The van der Waals surface area contributed by atoms with E-state index < -0.39 is 12.6 Å². The lowest BCUT2D eigenvalue weighted by Crippen LogP contribution is -2.23. The number of rotatable bonds is 7. The molecule has 1 aromatic carbocycles. The molecule has 0 aliphatic heterocycles. The van der Waals surface area contributed by atoms with Crippen molar-refractivity contribution in [1.29, 1.82) is 0 Å². The molecule has 2 aromatic rings. The molecule has 1 aliphatic rings. The van der Waals surface area contributed by atoms with Gasteiger partial charge < -0.3 is 14.7 Å². The van der Waals surface area contributed by atoms with Crippen molar-refractivity contribution in [3.8, 4) is 5.88 Å². The minimum Gasteiger partial charge on any atom is -0.479 e. The standard InChI is InChI=1S/C19H21N3O3/c1-2-12-22(14-8-4-3-5-9-14)19-20-16-11-7-6-10-15(16)18(21-19)25-13-17(23)24/h2-5,8-9H,1,6-7,10-13H2,(H,23,24). The highest BCUT2D eigenvalue weighted by Gasteiger charge is 2.22. The van der Waals surface area contributed by atoms with Gasteiger partial charge in [-0.1, -0.05) is 24.3 Å². The zero-order valence-electron chi connectivity index (χ0n) is 14.0. The van der Waals surface area contributed by atoms with Gasteiger partial charge >= 0.3 is 5.97 Å². The number of aromatic nitrogens is 2. The topological polar surface area (TPSA) is 75.6 Å². The first kappa shape index (κ1) is 17.0. The number of carbonyl (C=O) groups is 1. The highest BCUT2D eigenvalue weighted by molar-refractivity contribution is 5.68. The highest BCUT2D eigenvalue weighted by atomic mass is 16.5. The first-order valence-electron chi connectivity index (χ1n) is 8.37. The Balaban J connectivity index is 2.03. The Bertz CT molecular complexity index is 762. The van der Waals surface area contributed by atoms with E-state index in [2.05, 4.69) is 11.6 Å². The molecule has 25 heavy (non-hydrogen) atoms.